The van der Waals surface area contributed by atoms with Crippen molar-refractivity contribution in [3.8, 4) is 0 Å². The van der Waals surface area contributed by atoms with Crippen LogP contribution < -0.4 is 10.2 Å². The number of aromatic nitrogens is 2. The molecule has 0 spiro atoms. The molecule has 0 aliphatic carbocycles. The van der Waals surface area contributed by atoms with E-state index in [-0.39, 0.29) is 0 Å². The van der Waals surface area contributed by atoms with Crippen molar-refractivity contribution in [2.75, 3.05) is 23.3 Å². The molecule has 21 heavy (non-hydrogen) atoms. The number of hydrogen-bond donors (Lipinski definition) is 1. The summed E-state index contributed by atoms with van der Waals surface area (Å²) in [7, 11) is 0. The van der Waals surface area contributed by atoms with Crippen molar-refractivity contribution in [1.82, 2.24) is 9.97 Å². The van der Waals surface area contributed by atoms with Gasteiger partial charge in [0.15, 0.2) is 0 Å². The first-order chi connectivity index (χ1) is 10.1. The quantitative estimate of drug-likeness (QED) is 0.730. The lowest BCUT2D eigenvalue weighted by molar-refractivity contribution is 0.584. The summed E-state index contributed by atoms with van der Waals surface area (Å²) >= 11 is 0. The number of rotatable bonds is 9. The minimum absolute atomic E-state index is 0.406. The maximum atomic E-state index is 4.64. The SMILES string of the molecule is CCCCN(c1ncnc(NCC)c1C(C)C)C(C)CC. The predicted octanol–water partition coefficient (Wildman–Crippen LogP) is 4.44. The summed E-state index contributed by atoms with van der Waals surface area (Å²) in [4.78, 5) is 11.5. The largest absolute Gasteiger partial charge is 0.370 e. The van der Waals surface area contributed by atoms with Crippen molar-refractivity contribution in [2.24, 2.45) is 0 Å². The summed E-state index contributed by atoms with van der Waals surface area (Å²) in [6.45, 7) is 15.3. The van der Waals surface area contributed by atoms with Gasteiger partial charge in [0.25, 0.3) is 0 Å². The van der Waals surface area contributed by atoms with Gasteiger partial charge in [-0.05, 0) is 32.6 Å². The van der Waals surface area contributed by atoms with Gasteiger partial charge in [-0.1, -0.05) is 34.1 Å². The lowest BCUT2D eigenvalue weighted by Gasteiger charge is -2.32. The van der Waals surface area contributed by atoms with Crippen molar-refractivity contribution >= 4 is 11.6 Å². The van der Waals surface area contributed by atoms with Gasteiger partial charge in [-0.2, -0.15) is 0 Å². The third-order valence-electron chi connectivity index (χ3n) is 3.93. The van der Waals surface area contributed by atoms with Crippen LogP contribution in [0.4, 0.5) is 11.6 Å². The van der Waals surface area contributed by atoms with Crippen LogP contribution in [0.3, 0.4) is 0 Å². The molecule has 0 fully saturated rings. The van der Waals surface area contributed by atoms with E-state index in [1.54, 1.807) is 6.33 Å². The van der Waals surface area contributed by atoms with Crippen LogP contribution in [0, 0.1) is 0 Å². The van der Waals surface area contributed by atoms with Crippen molar-refractivity contribution in [1.29, 1.82) is 0 Å². The molecule has 0 aromatic carbocycles. The van der Waals surface area contributed by atoms with E-state index in [4.69, 9.17) is 0 Å². The van der Waals surface area contributed by atoms with E-state index in [2.05, 4.69) is 61.7 Å². The van der Waals surface area contributed by atoms with E-state index in [0.29, 0.717) is 12.0 Å². The van der Waals surface area contributed by atoms with Crippen LogP contribution in [0.25, 0.3) is 0 Å². The molecule has 1 aromatic heterocycles. The summed E-state index contributed by atoms with van der Waals surface area (Å²) in [6, 6.07) is 0.499. The molecule has 0 amide bonds. The molecular formula is C17H32N4. The van der Waals surface area contributed by atoms with E-state index in [1.807, 2.05) is 0 Å². The van der Waals surface area contributed by atoms with Crippen LogP contribution in [-0.4, -0.2) is 29.1 Å². The monoisotopic (exact) mass is 292 g/mol. The van der Waals surface area contributed by atoms with Crippen LogP contribution >= 0.6 is 0 Å². The van der Waals surface area contributed by atoms with Crippen molar-refractivity contribution in [3.05, 3.63) is 11.9 Å². The van der Waals surface area contributed by atoms with Crippen molar-refractivity contribution in [3.63, 3.8) is 0 Å². The van der Waals surface area contributed by atoms with Gasteiger partial charge in [-0.3, -0.25) is 0 Å². The Morgan fingerprint density at radius 1 is 1.14 bits per heavy atom. The molecule has 1 rings (SSSR count). The van der Waals surface area contributed by atoms with E-state index in [0.717, 1.165) is 31.1 Å². The number of unbranched alkanes of at least 4 members (excludes halogenated alkanes) is 1. The molecule has 0 aliphatic heterocycles. The molecule has 4 heteroatoms. The van der Waals surface area contributed by atoms with Crippen LogP contribution in [-0.2, 0) is 0 Å². The summed E-state index contributed by atoms with van der Waals surface area (Å²) in [5, 5.41) is 3.39. The first-order valence-electron chi connectivity index (χ1n) is 8.42. The molecule has 0 saturated carbocycles. The highest BCUT2D eigenvalue weighted by Gasteiger charge is 2.22. The van der Waals surface area contributed by atoms with Crippen molar-refractivity contribution in [2.45, 2.75) is 72.8 Å². The van der Waals surface area contributed by atoms with E-state index >= 15 is 0 Å². The fraction of sp³-hybridized carbons (Fsp3) is 0.765. The predicted molar refractivity (Wildman–Crippen MR) is 92.3 cm³/mol. The lowest BCUT2D eigenvalue weighted by atomic mass is 10.0. The summed E-state index contributed by atoms with van der Waals surface area (Å²) in [5.41, 5.74) is 1.25. The second-order valence-electron chi connectivity index (χ2n) is 5.95. The molecule has 0 bridgehead atoms. The first kappa shape index (κ1) is 17.7. The molecule has 1 heterocycles. The Morgan fingerprint density at radius 2 is 1.86 bits per heavy atom. The van der Waals surface area contributed by atoms with Gasteiger partial charge in [-0.15, -0.1) is 0 Å². The number of nitrogens with zero attached hydrogens (tertiary/aromatic N) is 3. The first-order valence-corrected chi connectivity index (χ1v) is 8.42. The van der Waals surface area contributed by atoms with Gasteiger partial charge in [-0.25, -0.2) is 9.97 Å². The molecule has 1 unspecified atom stereocenters. The maximum Gasteiger partial charge on any atom is 0.137 e. The smallest absolute Gasteiger partial charge is 0.137 e. The van der Waals surface area contributed by atoms with Gasteiger partial charge in [0.05, 0.1) is 0 Å². The third-order valence-corrected chi connectivity index (χ3v) is 3.93. The normalized spacial score (nSPS) is 12.5. The highest BCUT2D eigenvalue weighted by Crippen LogP contribution is 2.32. The highest BCUT2D eigenvalue weighted by molar-refractivity contribution is 5.60. The summed E-state index contributed by atoms with van der Waals surface area (Å²) in [6.07, 6.45) is 5.22. The maximum absolute atomic E-state index is 4.64. The summed E-state index contributed by atoms with van der Waals surface area (Å²) in [5.74, 6) is 2.50. The molecule has 120 valence electrons. The van der Waals surface area contributed by atoms with Crippen molar-refractivity contribution < 1.29 is 0 Å². The Balaban J connectivity index is 3.25. The molecule has 1 atom stereocenters. The zero-order chi connectivity index (χ0) is 15.8. The molecule has 0 saturated heterocycles. The Bertz CT molecular complexity index is 417. The van der Waals surface area contributed by atoms with Crippen LogP contribution in [0.5, 0.6) is 0 Å². The fourth-order valence-electron chi connectivity index (χ4n) is 2.54. The number of hydrogen-bond acceptors (Lipinski definition) is 4. The average Bonchev–Trinajstić information content (AvgIpc) is 2.47. The van der Waals surface area contributed by atoms with Gasteiger partial charge >= 0.3 is 0 Å². The van der Waals surface area contributed by atoms with E-state index in [9.17, 15) is 0 Å². The van der Waals surface area contributed by atoms with Crippen LogP contribution in [0.1, 0.15) is 72.3 Å². The Hall–Kier alpha value is -1.32. The molecule has 0 aliphatic rings. The van der Waals surface area contributed by atoms with Gasteiger partial charge in [0.1, 0.15) is 18.0 Å². The second kappa shape index (κ2) is 8.85. The standard InChI is InChI=1S/C17H32N4/c1-7-10-11-21(14(6)8-2)17-15(13(4)5)16(18-9-3)19-12-20-17/h12-14H,7-11H2,1-6H3,(H,18,19,20). The van der Waals surface area contributed by atoms with Crippen LogP contribution in [0.15, 0.2) is 6.33 Å². The van der Waals surface area contributed by atoms with Gasteiger partial charge in [0, 0.05) is 24.7 Å². The molecule has 1 aromatic rings. The Kier molecular flexibility index (Phi) is 7.48. The Morgan fingerprint density at radius 3 is 2.38 bits per heavy atom. The zero-order valence-electron chi connectivity index (χ0n) is 14.6. The lowest BCUT2D eigenvalue weighted by Crippen LogP contribution is -2.35. The number of nitrogens with one attached hydrogen (secondary N) is 1. The minimum atomic E-state index is 0.406. The Labute approximate surface area is 130 Å². The minimum Gasteiger partial charge on any atom is -0.370 e. The van der Waals surface area contributed by atoms with Gasteiger partial charge < -0.3 is 10.2 Å². The van der Waals surface area contributed by atoms with Gasteiger partial charge in [0.2, 0.25) is 0 Å². The zero-order valence-corrected chi connectivity index (χ0v) is 14.6. The van der Waals surface area contributed by atoms with E-state index in [1.165, 1.54) is 18.4 Å². The molecule has 1 N–H and O–H groups in total. The molecule has 0 radical (unpaired) electrons. The number of anilines is 2. The second-order valence-corrected chi connectivity index (χ2v) is 5.95. The third kappa shape index (κ3) is 4.58. The topological polar surface area (TPSA) is 41.1 Å². The van der Waals surface area contributed by atoms with E-state index < -0.39 is 0 Å². The average molecular weight is 292 g/mol. The highest BCUT2D eigenvalue weighted by atomic mass is 15.2. The van der Waals surface area contributed by atoms with Crippen LogP contribution in [0.2, 0.25) is 0 Å². The molecule has 4 nitrogen and oxygen atoms in total. The molecular weight excluding hydrogens is 260 g/mol. The fourth-order valence-corrected chi connectivity index (χ4v) is 2.54. The summed E-state index contributed by atoms with van der Waals surface area (Å²) < 4.78 is 0.